The molecule has 6 heterocycles. The van der Waals surface area contributed by atoms with Crippen LogP contribution in [0.1, 0.15) is 13.8 Å². The third-order valence-electron chi connectivity index (χ3n) is 13.3. The quantitative estimate of drug-likeness (QED) is 0.0567. The van der Waals surface area contributed by atoms with Crippen LogP contribution < -0.4 is 5.32 Å². The molecule has 6 saturated heterocycles. The number of hydrogen-bond donors (Lipinski definition) is 18. The molecule has 427 valence electrons. The van der Waals surface area contributed by atoms with Gasteiger partial charge in [0.2, 0.25) is 0 Å². The topological polar surface area (TPSA) is 491 Å². The molecule has 0 saturated carbocycles. The fourth-order valence-corrected chi connectivity index (χ4v) is 8.93. The van der Waals surface area contributed by atoms with Crippen LogP contribution >= 0.6 is 0 Å². The Balaban J connectivity index is 0.000000544. The van der Waals surface area contributed by atoms with Crippen molar-refractivity contribution in [2.75, 3.05) is 60.3 Å². The van der Waals surface area contributed by atoms with E-state index in [2.05, 4.69) is 5.32 Å². The molecule has 0 aromatic carbocycles. The summed E-state index contributed by atoms with van der Waals surface area (Å²) in [7, 11) is 3.16. The van der Waals surface area contributed by atoms with Crippen molar-refractivity contribution in [3.8, 4) is 0 Å². The van der Waals surface area contributed by atoms with Gasteiger partial charge < -0.3 is 155 Å². The second-order valence-corrected chi connectivity index (χ2v) is 18.2. The van der Waals surface area contributed by atoms with Crippen LogP contribution in [-0.4, -0.2) is 331 Å². The van der Waals surface area contributed by atoms with Crippen molar-refractivity contribution in [1.29, 1.82) is 0 Å². The van der Waals surface area contributed by atoms with Crippen LogP contribution in [0.3, 0.4) is 0 Å². The van der Waals surface area contributed by atoms with E-state index >= 15 is 0 Å². The molecule has 6 aliphatic heterocycles. The molecule has 6 aliphatic rings. The molecule has 12 unspecified atom stereocenters. The molecule has 0 amide bonds. The average Bonchev–Trinajstić information content (AvgIpc) is 3.37. The summed E-state index contributed by atoms with van der Waals surface area (Å²) >= 11 is 0. The number of rotatable bonds is 18. The van der Waals surface area contributed by atoms with Crippen molar-refractivity contribution in [3.05, 3.63) is 5.73 Å². The molecule has 6 fully saturated rings. The summed E-state index contributed by atoms with van der Waals surface area (Å²) in [5.74, 6) is 0. The molecular weight excluding hydrogens is 1210 g/mol. The first-order chi connectivity index (χ1) is 34.1. The van der Waals surface area contributed by atoms with Gasteiger partial charge in [-0.25, -0.2) is 0 Å². The van der Waals surface area contributed by atoms with Gasteiger partial charge >= 0.3 is 0 Å². The van der Waals surface area contributed by atoms with E-state index in [0.717, 1.165) is 0 Å². The molecule has 0 spiro atoms. The minimum Gasteiger partial charge on any atom is -0.668 e. The second kappa shape index (κ2) is 30.1. The Labute approximate surface area is 454 Å². The Morgan fingerprint density at radius 1 is 0.397 bits per heavy atom. The van der Waals surface area contributed by atoms with Gasteiger partial charge in [0, 0.05) is 57.7 Å². The van der Waals surface area contributed by atoms with Gasteiger partial charge in [-0.3, -0.25) is 0 Å². The van der Waals surface area contributed by atoms with Gasteiger partial charge in [-0.05, 0) is 20.9 Å². The largest absolute Gasteiger partial charge is 0.668 e. The van der Waals surface area contributed by atoms with E-state index in [1.165, 1.54) is 21.0 Å². The van der Waals surface area contributed by atoms with E-state index in [4.69, 9.17) is 67.7 Å². The van der Waals surface area contributed by atoms with Gasteiger partial charge in [-0.15, -0.1) is 0 Å². The number of likely N-dealkylation sites (N-methyl/N-ethyl adjacent to an activating group) is 1. The Morgan fingerprint density at radius 2 is 0.808 bits per heavy atom. The Bertz CT molecular complexity index is 1580. The first-order valence-electron chi connectivity index (χ1n) is 23.4. The number of hydrogen-bond acceptors (Lipinski definition) is 30. The maximum atomic E-state index is 11.3. The number of ether oxygens (including phenoxy) is 12. The van der Waals surface area contributed by atoms with Gasteiger partial charge in [0.15, 0.2) is 25.2 Å². The second-order valence-electron chi connectivity index (χ2n) is 18.2. The molecule has 0 aliphatic carbocycles. The van der Waals surface area contributed by atoms with E-state index in [9.17, 15) is 81.7 Å². The van der Waals surface area contributed by atoms with Crippen LogP contribution in [0, 0.1) is 44.1 Å². The first-order valence-corrected chi connectivity index (χ1v) is 23.4. The number of methoxy groups -OCH3 is 1. The van der Waals surface area contributed by atoms with Gasteiger partial charge in [0.25, 0.3) is 0 Å². The van der Waals surface area contributed by atoms with Gasteiger partial charge in [-0.2, -0.15) is 0 Å². The normalized spacial score (nSPS) is 49.6. The molecule has 31 nitrogen and oxygen atoms in total. The van der Waals surface area contributed by atoms with E-state index < -0.39 is 210 Å². The molecule has 6 rings (SSSR count). The number of nitrogens with one attached hydrogen (secondary N) is 2. The maximum absolute atomic E-state index is 11.3. The van der Waals surface area contributed by atoms with Crippen molar-refractivity contribution in [3.63, 3.8) is 0 Å². The average molecular weight is 1290 g/mol. The van der Waals surface area contributed by atoms with Crippen LogP contribution in [0.15, 0.2) is 0 Å². The minimum atomic E-state index is -2.00. The first kappa shape index (κ1) is 65.7. The molecule has 1 radical (unpaired) electrons. The summed E-state index contributed by atoms with van der Waals surface area (Å²) < 4.78 is 66.4. The standard InChI is InChI=1S/C31H54NO23.C10H21NO6.Ac/c1-7-15(38)20(43)24(12(6-36)47-7)52-30-23(46)26(18(41)11(5-35)50-30)54-28-13(32)25(17(40)10(4-34)49-28)53-31-27(21(44)16(39)9(3-33)51-31)55-29-22(45)19(42)14(37)8(2)48-29;1-11-3-4-16-10-8(14)7(13)9(15-2)6(5-12)17-10;/h7-46H,3-6H2,1-2H3;6-14H,3-5H2,1-2H3;/q-1;;/t7-,8?,9?,10?,11?,12?,13?,14+,15?,16-,17-,18-,19?,20+,21-,22-,23?,24-,25+,26-,27?,28-,29-,30+,31-;6?,7-,8?,9-,10-;/m01./s1. The summed E-state index contributed by atoms with van der Waals surface area (Å²) in [6.07, 6.45) is -45.0. The predicted octanol–water partition coefficient (Wildman–Crippen LogP) is -11.1. The molecule has 0 aromatic rings. The molecular formula is C41H75AcN2O29-. The third-order valence-corrected chi connectivity index (χ3v) is 13.3. The Kier molecular flexibility index (Phi) is 27.1. The smallest absolute Gasteiger partial charge is 0.187 e. The van der Waals surface area contributed by atoms with Crippen LogP contribution in [-0.2, 0) is 56.8 Å². The van der Waals surface area contributed by atoms with E-state index in [0.29, 0.717) is 13.2 Å². The minimum absolute atomic E-state index is 0. The predicted molar refractivity (Wildman–Crippen MR) is 229 cm³/mol. The van der Waals surface area contributed by atoms with E-state index in [1.807, 2.05) is 0 Å². The molecule has 0 aromatic heterocycles. The van der Waals surface area contributed by atoms with Crippen molar-refractivity contribution in [2.24, 2.45) is 0 Å². The fourth-order valence-electron chi connectivity index (χ4n) is 8.93. The number of aliphatic hydroxyl groups excluding tert-OH is 17. The van der Waals surface area contributed by atoms with Crippen LogP contribution in [0.2, 0.25) is 0 Å². The monoisotopic (exact) mass is 1290 g/mol. The van der Waals surface area contributed by atoms with Crippen molar-refractivity contribution in [2.45, 2.75) is 198 Å². The van der Waals surface area contributed by atoms with Crippen molar-refractivity contribution < 1.29 is 188 Å². The molecule has 30 atom stereocenters. The Morgan fingerprint density at radius 3 is 1.38 bits per heavy atom. The zero-order valence-corrected chi connectivity index (χ0v) is 45.1. The summed E-state index contributed by atoms with van der Waals surface area (Å²) in [6, 6.07) is -1.88. The SMILES string of the molecule is CC1O[C@@H](OC2[C@H](O[C@@H]3C([NH-])[C@H](O[C@@H]4C(O)[C@@H](O[C@H]5C(CO)O[C@@H](C)C(O)[C@H]5O)OC(CO)[C@@H]4O)OC(CO)[C@@H]3O)OC(CO)[C@H](O)[C@@H]2O)[C@@H](O)C(O)[C@@H]1O.CNCCO[C@@H]1OC(CO)[C@@H](OC)[C@H](O)C1O.[Ac]. The molecule has 32 heteroatoms. The zero-order valence-electron chi connectivity index (χ0n) is 40.3. The summed E-state index contributed by atoms with van der Waals surface area (Å²) in [6.45, 7) is 0.0291. The summed E-state index contributed by atoms with van der Waals surface area (Å²) in [4.78, 5) is 0. The number of aliphatic hydroxyl groups is 17. The zero-order chi connectivity index (χ0) is 53.5. The fraction of sp³-hybridized carbons (Fsp3) is 1.00. The van der Waals surface area contributed by atoms with Crippen LogP contribution in [0.5, 0.6) is 0 Å². The maximum Gasteiger partial charge on any atom is 0.187 e. The van der Waals surface area contributed by atoms with Gasteiger partial charge in [0.05, 0.1) is 58.0 Å². The van der Waals surface area contributed by atoms with E-state index in [1.54, 1.807) is 7.05 Å². The molecule has 0 bridgehead atoms. The van der Waals surface area contributed by atoms with Crippen LogP contribution in [0.25, 0.3) is 5.73 Å². The van der Waals surface area contributed by atoms with Crippen molar-refractivity contribution >= 4 is 0 Å². The summed E-state index contributed by atoms with van der Waals surface area (Å²) in [5.41, 5.74) is 8.95. The van der Waals surface area contributed by atoms with Gasteiger partial charge in [0.1, 0.15) is 134 Å². The summed E-state index contributed by atoms with van der Waals surface area (Å²) in [5, 5.41) is 178. The van der Waals surface area contributed by atoms with Gasteiger partial charge in [-0.1, -0.05) is 6.04 Å². The Hall–Kier alpha value is 0.202. The van der Waals surface area contributed by atoms with E-state index in [-0.39, 0.29) is 50.7 Å². The molecule has 73 heavy (non-hydrogen) atoms. The molecule has 19 N–H and O–H groups in total. The van der Waals surface area contributed by atoms with Crippen LogP contribution in [0.4, 0.5) is 0 Å². The van der Waals surface area contributed by atoms with Crippen molar-refractivity contribution in [1.82, 2.24) is 5.32 Å². The third kappa shape index (κ3) is 15.2.